The van der Waals surface area contributed by atoms with Crippen LogP contribution in [-0.2, 0) is 10.9 Å². The lowest BCUT2D eigenvalue weighted by Crippen LogP contribution is -2.46. The van der Waals surface area contributed by atoms with Gasteiger partial charge < -0.3 is 15.2 Å². The number of ether oxygens (including phenoxy) is 1. The number of nitrogens with zero attached hydrogens (tertiary/aromatic N) is 3. The van der Waals surface area contributed by atoms with E-state index in [4.69, 9.17) is 4.74 Å². The second kappa shape index (κ2) is 7.69. The van der Waals surface area contributed by atoms with E-state index < -0.39 is 17.5 Å². The van der Waals surface area contributed by atoms with Crippen LogP contribution in [0.1, 0.15) is 11.1 Å². The highest BCUT2D eigenvalue weighted by Gasteiger charge is 2.32. The van der Waals surface area contributed by atoms with Crippen LogP contribution in [0.4, 0.5) is 19.0 Å². The molecule has 0 saturated carbocycles. The van der Waals surface area contributed by atoms with Gasteiger partial charge >= 0.3 is 6.18 Å². The van der Waals surface area contributed by atoms with Crippen LogP contribution in [0.25, 0.3) is 11.3 Å². The maximum atomic E-state index is 12.8. The van der Waals surface area contributed by atoms with E-state index >= 15 is 0 Å². The molecule has 1 aromatic carbocycles. The fourth-order valence-corrected chi connectivity index (χ4v) is 3.00. The summed E-state index contributed by atoms with van der Waals surface area (Å²) in [5.74, 6) is 0.0695. The maximum absolute atomic E-state index is 12.8. The molecule has 1 aliphatic heterocycles. The second-order valence-corrected chi connectivity index (χ2v) is 6.58. The fraction of sp³-hybridized carbons (Fsp3) is 0.444. The Kier molecular flexibility index (Phi) is 5.52. The first kappa shape index (κ1) is 19.4. The summed E-state index contributed by atoms with van der Waals surface area (Å²) >= 11 is 0. The largest absolute Gasteiger partial charge is 0.507 e. The van der Waals surface area contributed by atoms with Crippen LogP contribution in [-0.4, -0.2) is 59.6 Å². The van der Waals surface area contributed by atoms with Crippen LogP contribution in [0.2, 0.25) is 0 Å². The Morgan fingerprint density at radius 1 is 1.30 bits per heavy atom. The molecular weight excluding hydrogens is 361 g/mol. The van der Waals surface area contributed by atoms with Gasteiger partial charge in [0.2, 0.25) is 0 Å². The van der Waals surface area contributed by atoms with Crippen molar-refractivity contribution in [2.24, 2.45) is 0 Å². The third-order valence-electron chi connectivity index (χ3n) is 4.60. The van der Waals surface area contributed by atoms with Crippen LogP contribution < -0.4 is 5.32 Å². The van der Waals surface area contributed by atoms with Crippen molar-refractivity contribution in [3.05, 3.63) is 35.4 Å². The molecule has 0 aliphatic carbocycles. The zero-order chi connectivity index (χ0) is 19.6. The van der Waals surface area contributed by atoms with Crippen LogP contribution in [0.15, 0.2) is 24.3 Å². The van der Waals surface area contributed by atoms with Gasteiger partial charge in [0.15, 0.2) is 0 Å². The topological polar surface area (TPSA) is 70.5 Å². The number of nitrogens with one attached hydrogen (secondary N) is 1. The highest BCUT2D eigenvalue weighted by Crippen LogP contribution is 2.38. The molecule has 1 fully saturated rings. The number of phenolic OH excluding ortho intramolecular Hbond substituents is 1. The summed E-state index contributed by atoms with van der Waals surface area (Å²) < 4.78 is 44.0. The molecule has 1 saturated heterocycles. The number of rotatable bonds is 4. The van der Waals surface area contributed by atoms with E-state index in [1.165, 1.54) is 6.92 Å². The molecule has 1 aliphatic rings. The minimum atomic E-state index is -4.52. The lowest BCUT2D eigenvalue weighted by molar-refractivity contribution is -0.137. The Morgan fingerprint density at radius 3 is 2.67 bits per heavy atom. The molecule has 146 valence electrons. The third-order valence-corrected chi connectivity index (χ3v) is 4.60. The molecule has 2 N–H and O–H groups in total. The van der Waals surface area contributed by atoms with Crippen LogP contribution in [0.3, 0.4) is 0 Å². The summed E-state index contributed by atoms with van der Waals surface area (Å²) in [6.07, 6.45) is -4.52. The molecule has 0 spiro atoms. The molecule has 0 unspecified atom stereocenters. The average Bonchev–Trinajstić information content (AvgIpc) is 2.61. The van der Waals surface area contributed by atoms with Crippen molar-refractivity contribution >= 4 is 5.82 Å². The van der Waals surface area contributed by atoms with Gasteiger partial charge in [0.05, 0.1) is 30.5 Å². The molecule has 1 aromatic heterocycles. The number of anilines is 1. The second-order valence-electron chi connectivity index (χ2n) is 6.58. The quantitative estimate of drug-likeness (QED) is 0.847. The minimum Gasteiger partial charge on any atom is -0.507 e. The van der Waals surface area contributed by atoms with Gasteiger partial charge in [-0.05, 0) is 43.8 Å². The average molecular weight is 382 g/mol. The van der Waals surface area contributed by atoms with Crippen molar-refractivity contribution in [3.63, 3.8) is 0 Å². The summed E-state index contributed by atoms with van der Waals surface area (Å²) in [5, 5.41) is 21.3. The number of hydrogen-bond acceptors (Lipinski definition) is 6. The van der Waals surface area contributed by atoms with Gasteiger partial charge in [-0.2, -0.15) is 13.2 Å². The van der Waals surface area contributed by atoms with Crippen LogP contribution in [0.5, 0.6) is 5.75 Å². The number of aryl methyl sites for hydroxylation is 1. The van der Waals surface area contributed by atoms with Crippen molar-refractivity contribution in [2.75, 3.05) is 38.7 Å². The van der Waals surface area contributed by atoms with Crippen molar-refractivity contribution in [1.29, 1.82) is 0 Å². The van der Waals surface area contributed by atoms with Gasteiger partial charge in [0, 0.05) is 18.7 Å². The predicted molar refractivity (Wildman–Crippen MR) is 94.6 cm³/mol. The van der Waals surface area contributed by atoms with Gasteiger partial charge in [-0.3, -0.25) is 4.90 Å². The first-order valence-electron chi connectivity index (χ1n) is 8.52. The summed E-state index contributed by atoms with van der Waals surface area (Å²) in [6, 6.07) is 5.21. The number of hydrogen-bond donors (Lipinski definition) is 2. The summed E-state index contributed by atoms with van der Waals surface area (Å²) in [5.41, 5.74) is -0.0745. The minimum absolute atomic E-state index is 0.224. The van der Waals surface area contributed by atoms with E-state index in [0.717, 1.165) is 19.2 Å². The number of alkyl halides is 3. The van der Waals surface area contributed by atoms with Crippen LogP contribution in [0, 0.1) is 6.92 Å². The number of aromatic nitrogens is 2. The molecule has 1 atom stereocenters. The van der Waals surface area contributed by atoms with E-state index in [9.17, 15) is 18.3 Å². The Labute approximate surface area is 155 Å². The number of halogens is 3. The fourth-order valence-electron chi connectivity index (χ4n) is 3.00. The molecule has 3 rings (SSSR count). The van der Waals surface area contributed by atoms with Gasteiger partial charge in [-0.25, -0.2) is 0 Å². The first-order chi connectivity index (χ1) is 12.8. The molecule has 9 heteroatoms. The van der Waals surface area contributed by atoms with Gasteiger partial charge in [-0.1, -0.05) is 0 Å². The molecule has 6 nitrogen and oxygen atoms in total. The number of likely N-dealkylation sites (N-methyl/N-ethyl adjacent to an activating group) is 1. The van der Waals surface area contributed by atoms with Gasteiger partial charge in [0.1, 0.15) is 11.6 Å². The van der Waals surface area contributed by atoms with Gasteiger partial charge in [0.25, 0.3) is 0 Å². The molecular formula is C18H21F3N4O2. The Morgan fingerprint density at radius 2 is 2.07 bits per heavy atom. The molecule has 27 heavy (non-hydrogen) atoms. The van der Waals surface area contributed by atoms with Gasteiger partial charge in [-0.15, -0.1) is 10.2 Å². The standard InChI is InChI=1S/C18H21F3N4O2/c1-11-7-12(18(19,20)21)8-15(26)17(11)14-3-4-16(24-23-14)22-9-13-10-27-6-5-25(13)2/h3-4,7-8,13,26H,5-6,9-10H2,1-2H3,(H,22,24)/t13-/m1/s1. The number of phenols is 1. The highest BCUT2D eigenvalue weighted by atomic mass is 19.4. The zero-order valence-corrected chi connectivity index (χ0v) is 15.0. The van der Waals surface area contributed by atoms with Crippen LogP contribution >= 0.6 is 0 Å². The molecule has 0 radical (unpaired) electrons. The van der Waals surface area contributed by atoms with E-state index in [1.807, 2.05) is 7.05 Å². The molecule has 2 aromatic rings. The number of benzene rings is 1. The lowest BCUT2D eigenvalue weighted by Gasteiger charge is -2.32. The monoisotopic (exact) mass is 382 g/mol. The Balaban J connectivity index is 1.73. The number of aromatic hydroxyl groups is 1. The molecule has 2 heterocycles. The SMILES string of the molecule is Cc1cc(C(F)(F)F)cc(O)c1-c1ccc(NC[C@@H]2COCCN2C)nn1. The lowest BCUT2D eigenvalue weighted by atomic mass is 10.0. The van der Waals surface area contributed by atoms with Crippen molar-refractivity contribution < 1.29 is 23.0 Å². The van der Waals surface area contributed by atoms with Crippen molar-refractivity contribution in [3.8, 4) is 17.0 Å². The van der Waals surface area contributed by atoms with E-state index in [-0.39, 0.29) is 17.2 Å². The maximum Gasteiger partial charge on any atom is 0.416 e. The molecule has 0 bridgehead atoms. The van der Waals surface area contributed by atoms with E-state index in [2.05, 4.69) is 20.4 Å². The predicted octanol–water partition coefficient (Wildman–Crippen LogP) is 2.92. The Hall–Kier alpha value is -2.39. The third kappa shape index (κ3) is 4.48. The molecule has 0 amide bonds. The summed E-state index contributed by atoms with van der Waals surface area (Å²) in [4.78, 5) is 2.20. The summed E-state index contributed by atoms with van der Waals surface area (Å²) in [7, 11) is 2.03. The van der Waals surface area contributed by atoms with Crippen molar-refractivity contribution in [1.82, 2.24) is 15.1 Å². The van der Waals surface area contributed by atoms with E-state index in [1.54, 1.807) is 12.1 Å². The Bertz CT molecular complexity index is 773. The van der Waals surface area contributed by atoms with E-state index in [0.29, 0.717) is 30.7 Å². The smallest absolute Gasteiger partial charge is 0.416 e. The first-order valence-corrected chi connectivity index (χ1v) is 8.52. The highest BCUT2D eigenvalue weighted by molar-refractivity contribution is 5.71. The number of morpholine rings is 1. The van der Waals surface area contributed by atoms with Crippen molar-refractivity contribution in [2.45, 2.75) is 19.1 Å². The summed E-state index contributed by atoms with van der Waals surface area (Å²) in [6.45, 7) is 4.35. The normalized spacial score (nSPS) is 18.5. The zero-order valence-electron chi connectivity index (χ0n) is 15.0.